The quantitative estimate of drug-likeness (QED) is 0.488. The van der Waals surface area contributed by atoms with E-state index in [-0.39, 0.29) is 24.6 Å². The molecule has 0 unspecified atom stereocenters. The van der Waals surface area contributed by atoms with Crippen molar-refractivity contribution in [3.8, 4) is 0 Å². The number of piperazine rings is 1. The molecule has 1 N–H and O–H groups in total. The molecule has 8 nitrogen and oxygen atoms in total. The van der Waals surface area contributed by atoms with Gasteiger partial charge < -0.3 is 15.0 Å². The molecule has 3 amide bonds. The molecule has 0 radical (unpaired) electrons. The maximum absolute atomic E-state index is 13.3. The molecule has 0 aliphatic carbocycles. The van der Waals surface area contributed by atoms with Crippen molar-refractivity contribution in [1.29, 1.82) is 0 Å². The minimum Gasteiger partial charge on any atom is -0.463 e. The summed E-state index contributed by atoms with van der Waals surface area (Å²) in [5.74, 6) is -0.466. The van der Waals surface area contributed by atoms with Crippen molar-refractivity contribution in [1.82, 2.24) is 20.0 Å². The van der Waals surface area contributed by atoms with Gasteiger partial charge in [0.05, 0.1) is 33.1 Å². The number of amides is 3. The molecule has 0 saturated carbocycles. The lowest BCUT2D eigenvalue weighted by molar-refractivity contribution is -0.139. The van der Waals surface area contributed by atoms with E-state index in [0.717, 1.165) is 4.88 Å². The third-order valence-electron chi connectivity index (χ3n) is 6.60. The van der Waals surface area contributed by atoms with Gasteiger partial charge in [-0.25, -0.2) is 9.59 Å². The molecule has 37 heavy (non-hydrogen) atoms. The van der Waals surface area contributed by atoms with Crippen LogP contribution in [0.5, 0.6) is 0 Å². The second-order valence-electron chi connectivity index (χ2n) is 8.94. The van der Waals surface area contributed by atoms with Gasteiger partial charge in [0.1, 0.15) is 0 Å². The number of carbonyl (C=O) groups excluding carboxylic acids is 3. The molecule has 0 spiro atoms. The van der Waals surface area contributed by atoms with E-state index in [1.165, 1.54) is 11.3 Å². The number of benzene rings is 1. The van der Waals surface area contributed by atoms with Crippen LogP contribution in [0.4, 0.5) is 4.79 Å². The minimum atomic E-state index is -0.738. The molecule has 198 valence electrons. The van der Waals surface area contributed by atoms with Crippen LogP contribution in [0.15, 0.2) is 47.0 Å². The highest BCUT2D eigenvalue weighted by molar-refractivity contribution is 7.12. The summed E-state index contributed by atoms with van der Waals surface area (Å²) in [5, 5.41) is 5.55. The standard InChI is InChI=1S/C26H30Cl2N4O4S/c1-4-31-20(15-30-10-11-32(16(3)14-30)24(33)21-7-6-12-37-21)22(25(34)36-5-2)23(29-26(31)35)17-8-9-18(27)19(28)13-17/h6-9,12-13,16,23H,4-5,10-11,14-15H2,1-3H3,(H,29,35)/t16-,23+/m1/s1. The third kappa shape index (κ3) is 5.80. The molecular formula is C26H30Cl2N4O4S. The maximum Gasteiger partial charge on any atom is 0.338 e. The number of esters is 1. The molecule has 2 aliphatic rings. The summed E-state index contributed by atoms with van der Waals surface area (Å²) in [6.45, 7) is 8.33. The van der Waals surface area contributed by atoms with Crippen molar-refractivity contribution < 1.29 is 19.1 Å². The molecule has 3 heterocycles. The molecule has 1 saturated heterocycles. The highest BCUT2D eigenvalue weighted by Crippen LogP contribution is 2.35. The van der Waals surface area contributed by atoms with E-state index in [0.29, 0.717) is 59.6 Å². The van der Waals surface area contributed by atoms with Crippen molar-refractivity contribution in [3.05, 3.63) is 67.5 Å². The van der Waals surface area contributed by atoms with E-state index < -0.39 is 12.0 Å². The van der Waals surface area contributed by atoms with Crippen LogP contribution in [-0.4, -0.2) is 78.0 Å². The summed E-state index contributed by atoms with van der Waals surface area (Å²) in [6.07, 6.45) is 0. The third-order valence-corrected chi connectivity index (χ3v) is 8.20. The SMILES string of the molecule is CCOC(=O)C1=C(CN2CCN(C(=O)c3cccs3)[C@H](C)C2)N(CC)C(=O)N[C@H]1c1ccc(Cl)c(Cl)c1. The Morgan fingerprint density at radius 2 is 1.95 bits per heavy atom. The Bertz CT molecular complexity index is 1200. The molecular weight excluding hydrogens is 535 g/mol. The number of rotatable bonds is 7. The Labute approximate surface area is 230 Å². The van der Waals surface area contributed by atoms with Gasteiger partial charge in [0.15, 0.2) is 0 Å². The summed E-state index contributed by atoms with van der Waals surface area (Å²) in [6, 6.07) is 7.68. The van der Waals surface area contributed by atoms with Gasteiger partial charge in [-0.15, -0.1) is 11.3 Å². The van der Waals surface area contributed by atoms with Crippen molar-refractivity contribution in [2.75, 3.05) is 39.3 Å². The lowest BCUT2D eigenvalue weighted by Crippen LogP contribution is -2.56. The van der Waals surface area contributed by atoms with Crippen LogP contribution < -0.4 is 5.32 Å². The Hall–Kier alpha value is -2.59. The van der Waals surface area contributed by atoms with Crippen molar-refractivity contribution in [3.63, 3.8) is 0 Å². The molecule has 0 bridgehead atoms. The van der Waals surface area contributed by atoms with Gasteiger partial charge in [-0.3, -0.25) is 14.6 Å². The number of likely N-dealkylation sites (N-methyl/N-ethyl adjacent to an activating group) is 1. The van der Waals surface area contributed by atoms with Crippen LogP contribution in [0.2, 0.25) is 10.0 Å². The van der Waals surface area contributed by atoms with E-state index in [4.69, 9.17) is 27.9 Å². The van der Waals surface area contributed by atoms with E-state index in [2.05, 4.69) is 10.2 Å². The lowest BCUT2D eigenvalue weighted by atomic mass is 9.94. The van der Waals surface area contributed by atoms with Crippen LogP contribution >= 0.6 is 34.5 Å². The Kier molecular flexibility index (Phi) is 8.79. The van der Waals surface area contributed by atoms with Gasteiger partial charge >= 0.3 is 12.0 Å². The summed E-state index contributed by atoms with van der Waals surface area (Å²) >= 11 is 13.8. The van der Waals surface area contributed by atoms with Crippen LogP contribution in [-0.2, 0) is 9.53 Å². The number of urea groups is 1. The lowest BCUT2D eigenvalue weighted by Gasteiger charge is -2.42. The highest BCUT2D eigenvalue weighted by atomic mass is 35.5. The molecule has 2 aromatic rings. The first kappa shape index (κ1) is 27.4. The number of carbonyl (C=O) groups is 3. The first-order valence-electron chi connectivity index (χ1n) is 12.2. The predicted octanol–water partition coefficient (Wildman–Crippen LogP) is 4.80. The Morgan fingerprint density at radius 3 is 2.57 bits per heavy atom. The van der Waals surface area contributed by atoms with Crippen LogP contribution in [0.3, 0.4) is 0 Å². The molecule has 11 heteroatoms. The normalized spacial score (nSPS) is 20.7. The molecule has 1 aromatic heterocycles. The molecule has 1 fully saturated rings. The van der Waals surface area contributed by atoms with Crippen LogP contribution in [0, 0.1) is 0 Å². The second kappa shape index (κ2) is 11.9. The monoisotopic (exact) mass is 564 g/mol. The van der Waals surface area contributed by atoms with Gasteiger partial charge in [0.25, 0.3) is 5.91 Å². The fraction of sp³-hybridized carbons (Fsp3) is 0.423. The first-order chi connectivity index (χ1) is 17.7. The summed E-state index contributed by atoms with van der Waals surface area (Å²) in [4.78, 5) is 45.8. The Morgan fingerprint density at radius 1 is 1.16 bits per heavy atom. The predicted molar refractivity (Wildman–Crippen MR) is 145 cm³/mol. The van der Waals surface area contributed by atoms with Crippen LogP contribution in [0.1, 0.15) is 42.0 Å². The van der Waals surface area contributed by atoms with Crippen molar-refractivity contribution in [2.45, 2.75) is 32.9 Å². The molecule has 4 rings (SSSR count). The first-order valence-corrected chi connectivity index (χ1v) is 13.9. The maximum atomic E-state index is 13.3. The van der Waals surface area contributed by atoms with Crippen LogP contribution in [0.25, 0.3) is 0 Å². The number of nitrogens with zero attached hydrogens (tertiary/aromatic N) is 3. The molecule has 2 atom stereocenters. The smallest absolute Gasteiger partial charge is 0.338 e. The number of thiophene rings is 1. The zero-order chi connectivity index (χ0) is 26.7. The fourth-order valence-electron chi connectivity index (χ4n) is 4.83. The average molecular weight is 566 g/mol. The number of halogens is 2. The van der Waals surface area contributed by atoms with Gasteiger partial charge in [0, 0.05) is 44.5 Å². The minimum absolute atomic E-state index is 0.0282. The van der Waals surface area contributed by atoms with E-state index in [1.807, 2.05) is 36.3 Å². The number of hydrogen-bond acceptors (Lipinski definition) is 6. The summed E-state index contributed by atoms with van der Waals surface area (Å²) in [7, 11) is 0. The van der Waals surface area contributed by atoms with Crippen molar-refractivity contribution in [2.24, 2.45) is 0 Å². The van der Waals surface area contributed by atoms with Gasteiger partial charge in [-0.1, -0.05) is 35.3 Å². The second-order valence-corrected chi connectivity index (χ2v) is 10.7. The topological polar surface area (TPSA) is 82.2 Å². The zero-order valence-electron chi connectivity index (χ0n) is 21.0. The summed E-state index contributed by atoms with van der Waals surface area (Å²) in [5.41, 5.74) is 1.59. The van der Waals surface area contributed by atoms with E-state index >= 15 is 0 Å². The number of hydrogen-bond donors (Lipinski definition) is 1. The largest absolute Gasteiger partial charge is 0.463 e. The Balaban J connectivity index is 1.66. The van der Waals surface area contributed by atoms with Crippen molar-refractivity contribution >= 4 is 52.4 Å². The van der Waals surface area contributed by atoms with E-state index in [9.17, 15) is 14.4 Å². The van der Waals surface area contributed by atoms with Gasteiger partial charge in [0.2, 0.25) is 0 Å². The van der Waals surface area contributed by atoms with E-state index in [1.54, 1.807) is 30.0 Å². The molecule has 2 aliphatic heterocycles. The number of ether oxygens (including phenoxy) is 1. The molecule has 1 aromatic carbocycles. The fourth-order valence-corrected chi connectivity index (χ4v) is 5.82. The summed E-state index contributed by atoms with van der Waals surface area (Å²) < 4.78 is 5.44. The highest BCUT2D eigenvalue weighted by Gasteiger charge is 2.39. The number of nitrogens with one attached hydrogen (secondary N) is 1. The average Bonchev–Trinajstić information content (AvgIpc) is 3.40. The van der Waals surface area contributed by atoms with Gasteiger partial charge in [-0.2, -0.15) is 0 Å². The zero-order valence-corrected chi connectivity index (χ0v) is 23.3. The van der Waals surface area contributed by atoms with Gasteiger partial charge in [-0.05, 0) is 49.9 Å².